The van der Waals surface area contributed by atoms with Crippen molar-refractivity contribution in [3.05, 3.63) is 60.8 Å². The molecule has 2 aromatic carbocycles. The molecule has 170 valence electrons. The molecule has 0 aliphatic heterocycles. The Morgan fingerprint density at radius 3 is 2.64 bits per heavy atom. The van der Waals surface area contributed by atoms with Crippen molar-refractivity contribution in [3.8, 4) is 40.2 Å². The second kappa shape index (κ2) is 9.90. The minimum Gasteiger partial charge on any atom is -0.493 e. The van der Waals surface area contributed by atoms with Crippen LogP contribution in [0.2, 0.25) is 0 Å². The van der Waals surface area contributed by atoms with Crippen LogP contribution in [0.25, 0.3) is 23.0 Å². The van der Waals surface area contributed by atoms with Gasteiger partial charge in [0, 0.05) is 11.8 Å². The molecular weight excluding hydrogens is 424 g/mol. The van der Waals surface area contributed by atoms with Gasteiger partial charge in [-0.1, -0.05) is 17.3 Å². The average Bonchev–Trinajstić information content (AvgIpc) is 3.49. The van der Waals surface area contributed by atoms with Crippen LogP contribution in [0.3, 0.4) is 0 Å². The lowest BCUT2D eigenvalue weighted by Gasteiger charge is -2.12. The summed E-state index contributed by atoms with van der Waals surface area (Å²) in [5.74, 6) is 2.28. The Morgan fingerprint density at radius 1 is 1.03 bits per heavy atom. The largest absolute Gasteiger partial charge is 0.493 e. The number of carbonyl (C=O) groups is 1. The number of nitrogens with zero attached hydrogens (tertiary/aromatic N) is 3. The Bertz CT molecular complexity index is 1250. The van der Waals surface area contributed by atoms with E-state index >= 15 is 0 Å². The van der Waals surface area contributed by atoms with Gasteiger partial charge in [-0.05, 0) is 49.4 Å². The summed E-state index contributed by atoms with van der Waals surface area (Å²) in [7, 11) is 3.14. The lowest BCUT2D eigenvalue weighted by molar-refractivity contribution is -0.116. The molecule has 2 aromatic heterocycles. The van der Waals surface area contributed by atoms with Crippen molar-refractivity contribution in [1.82, 2.24) is 14.7 Å². The number of benzene rings is 2. The van der Waals surface area contributed by atoms with E-state index < -0.39 is 0 Å². The number of ether oxygens (including phenoxy) is 3. The van der Waals surface area contributed by atoms with Crippen molar-refractivity contribution >= 4 is 11.6 Å². The van der Waals surface area contributed by atoms with Crippen LogP contribution < -0.4 is 19.5 Å². The lowest BCUT2D eigenvalue weighted by Crippen LogP contribution is -2.19. The summed E-state index contributed by atoms with van der Waals surface area (Å²) in [5.41, 5.74) is 1.96. The van der Waals surface area contributed by atoms with E-state index in [0.29, 0.717) is 52.5 Å². The number of nitrogens with one attached hydrogen (secondary N) is 1. The van der Waals surface area contributed by atoms with E-state index in [4.69, 9.17) is 18.7 Å². The maximum atomic E-state index is 12.7. The fraction of sp³-hybridized carbons (Fsp3) is 0.208. The van der Waals surface area contributed by atoms with Crippen molar-refractivity contribution in [2.45, 2.75) is 13.5 Å². The molecule has 0 saturated carbocycles. The van der Waals surface area contributed by atoms with Gasteiger partial charge in [0.15, 0.2) is 11.5 Å². The SMILES string of the molecule is CCOc1ccccc1NC(=O)Cn1cccc1-c1nc(-c2ccc(OC)c(OC)c2)no1. The summed E-state index contributed by atoms with van der Waals surface area (Å²) in [6, 6.07) is 16.3. The van der Waals surface area contributed by atoms with E-state index in [1.165, 1.54) is 0 Å². The smallest absolute Gasteiger partial charge is 0.274 e. The van der Waals surface area contributed by atoms with Crippen LogP contribution >= 0.6 is 0 Å². The van der Waals surface area contributed by atoms with Crippen LogP contribution in [0, 0.1) is 0 Å². The summed E-state index contributed by atoms with van der Waals surface area (Å²) in [4.78, 5) is 17.2. The summed E-state index contributed by atoms with van der Waals surface area (Å²) in [6.45, 7) is 2.47. The number of amides is 1. The number of anilines is 1. The molecule has 0 aliphatic rings. The molecule has 33 heavy (non-hydrogen) atoms. The molecule has 1 amide bonds. The van der Waals surface area contributed by atoms with Crippen molar-refractivity contribution in [2.24, 2.45) is 0 Å². The van der Waals surface area contributed by atoms with Gasteiger partial charge in [0.2, 0.25) is 11.7 Å². The zero-order valence-corrected chi connectivity index (χ0v) is 18.6. The van der Waals surface area contributed by atoms with Crippen molar-refractivity contribution < 1.29 is 23.5 Å². The molecule has 1 N–H and O–H groups in total. The van der Waals surface area contributed by atoms with Gasteiger partial charge in [-0.15, -0.1) is 0 Å². The van der Waals surface area contributed by atoms with E-state index in [0.717, 1.165) is 0 Å². The van der Waals surface area contributed by atoms with E-state index in [1.807, 2.05) is 43.3 Å². The number of carbonyl (C=O) groups excluding carboxylic acids is 1. The van der Waals surface area contributed by atoms with Gasteiger partial charge in [0.1, 0.15) is 18.0 Å². The Morgan fingerprint density at radius 2 is 1.85 bits per heavy atom. The van der Waals surface area contributed by atoms with Gasteiger partial charge < -0.3 is 28.6 Å². The molecule has 0 unspecified atom stereocenters. The molecular formula is C24H24N4O5. The van der Waals surface area contributed by atoms with Crippen LogP contribution in [0.1, 0.15) is 6.92 Å². The lowest BCUT2D eigenvalue weighted by atomic mass is 10.2. The van der Waals surface area contributed by atoms with Crippen molar-refractivity contribution in [2.75, 3.05) is 26.1 Å². The number of aromatic nitrogens is 3. The van der Waals surface area contributed by atoms with Gasteiger partial charge in [0.05, 0.1) is 26.5 Å². The second-order valence-corrected chi connectivity index (χ2v) is 6.99. The molecule has 0 saturated heterocycles. The van der Waals surface area contributed by atoms with E-state index in [2.05, 4.69) is 15.5 Å². The number of para-hydroxylation sites is 2. The van der Waals surface area contributed by atoms with Crippen LogP contribution in [-0.4, -0.2) is 41.4 Å². The first-order chi connectivity index (χ1) is 16.1. The molecule has 0 radical (unpaired) electrons. The maximum Gasteiger partial charge on any atom is 0.274 e. The highest BCUT2D eigenvalue weighted by Crippen LogP contribution is 2.32. The molecule has 4 rings (SSSR count). The average molecular weight is 448 g/mol. The Kier molecular flexibility index (Phi) is 6.58. The molecule has 0 fully saturated rings. The van der Waals surface area contributed by atoms with Crippen LogP contribution in [0.4, 0.5) is 5.69 Å². The van der Waals surface area contributed by atoms with Crippen LogP contribution in [-0.2, 0) is 11.3 Å². The predicted octanol–water partition coefficient (Wildman–Crippen LogP) is 4.26. The van der Waals surface area contributed by atoms with E-state index in [1.54, 1.807) is 43.2 Å². The highest BCUT2D eigenvalue weighted by molar-refractivity contribution is 5.92. The summed E-state index contributed by atoms with van der Waals surface area (Å²) >= 11 is 0. The van der Waals surface area contributed by atoms with Crippen molar-refractivity contribution in [1.29, 1.82) is 0 Å². The van der Waals surface area contributed by atoms with Crippen LogP contribution in [0.15, 0.2) is 65.3 Å². The first kappa shape index (κ1) is 21.9. The zero-order valence-electron chi connectivity index (χ0n) is 18.6. The molecule has 0 aliphatic carbocycles. The van der Waals surface area contributed by atoms with Gasteiger partial charge in [-0.3, -0.25) is 4.79 Å². The number of methoxy groups -OCH3 is 2. The topological polar surface area (TPSA) is 101 Å². The Hall–Kier alpha value is -4.27. The molecule has 9 heteroatoms. The maximum absolute atomic E-state index is 12.7. The summed E-state index contributed by atoms with van der Waals surface area (Å²) in [5, 5.41) is 6.97. The molecule has 0 spiro atoms. The fourth-order valence-corrected chi connectivity index (χ4v) is 3.36. The number of rotatable bonds is 9. The normalized spacial score (nSPS) is 10.6. The monoisotopic (exact) mass is 448 g/mol. The highest BCUT2D eigenvalue weighted by atomic mass is 16.5. The molecule has 0 bridgehead atoms. The van der Waals surface area contributed by atoms with Gasteiger partial charge >= 0.3 is 0 Å². The zero-order chi connectivity index (χ0) is 23.2. The highest BCUT2D eigenvalue weighted by Gasteiger charge is 2.17. The predicted molar refractivity (Wildman–Crippen MR) is 123 cm³/mol. The molecule has 0 atom stereocenters. The van der Waals surface area contributed by atoms with Crippen LogP contribution in [0.5, 0.6) is 17.2 Å². The Balaban J connectivity index is 1.52. The third-order valence-corrected chi connectivity index (χ3v) is 4.89. The minimum atomic E-state index is -0.209. The third kappa shape index (κ3) is 4.82. The standard InChI is InChI=1S/C24H24N4O5/c1-4-32-19-10-6-5-8-17(19)25-22(29)15-28-13-7-9-18(28)24-26-23(27-33-24)16-11-12-20(30-2)21(14-16)31-3/h5-14H,4,15H2,1-3H3,(H,25,29). The Labute approximate surface area is 190 Å². The first-order valence-corrected chi connectivity index (χ1v) is 10.4. The number of hydrogen-bond donors (Lipinski definition) is 1. The first-order valence-electron chi connectivity index (χ1n) is 10.4. The van der Waals surface area contributed by atoms with E-state index in [-0.39, 0.29) is 12.5 Å². The number of hydrogen-bond acceptors (Lipinski definition) is 7. The summed E-state index contributed by atoms with van der Waals surface area (Å²) < 4.78 is 23.4. The minimum absolute atomic E-state index is 0.0663. The van der Waals surface area contributed by atoms with E-state index in [9.17, 15) is 4.79 Å². The summed E-state index contributed by atoms with van der Waals surface area (Å²) in [6.07, 6.45) is 1.78. The van der Waals surface area contributed by atoms with Gasteiger partial charge in [0.25, 0.3) is 5.89 Å². The molecule has 4 aromatic rings. The fourth-order valence-electron chi connectivity index (χ4n) is 3.36. The molecule has 9 nitrogen and oxygen atoms in total. The second-order valence-electron chi connectivity index (χ2n) is 6.99. The molecule has 2 heterocycles. The van der Waals surface area contributed by atoms with Crippen molar-refractivity contribution in [3.63, 3.8) is 0 Å². The van der Waals surface area contributed by atoms with Gasteiger partial charge in [-0.25, -0.2) is 0 Å². The quantitative estimate of drug-likeness (QED) is 0.408. The van der Waals surface area contributed by atoms with Gasteiger partial charge in [-0.2, -0.15) is 4.98 Å². The third-order valence-electron chi connectivity index (χ3n) is 4.89.